The van der Waals surface area contributed by atoms with Crippen LogP contribution in [0.1, 0.15) is 44.3 Å². The molecule has 0 saturated heterocycles. The van der Waals surface area contributed by atoms with E-state index in [1.54, 1.807) is 18.2 Å². The molecule has 1 aliphatic carbocycles. The molecule has 0 radical (unpaired) electrons. The second kappa shape index (κ2) is 6.71. The van der Waals surface area contributed by atoms with Crippen molar-refractivity contribution in [2.45, 2.75) is 45.3 Å². The molecule has 0 spiro atoms. The molecule has 1 aromatic carbocycles. The number of rotatable bonds is 5. The third-order valence-corrected chi connectivity index (χ3v) is 4.54. The van der Waals surface area contributed by atoms with Gasteiger partial charge in [-0.2, -0.15) is 8.78 Å². The summed E-state index contributed by atoms with van der Waals surface area (Å²) < 4.78 is 29.6. The Morgan fingerprint density at radius 3 is 2.76 bits per heavy atom. The van der Waals surface area contributed by atoms with E-state index in [4.69, 9.17) is 5.73 Å². The van der Waals surface area contributed by atoms with Crippen molar-refractivity contribution in [3.05, 3.63) is 29.8 Å². The zero-order valence-corrected chi connectivity index (χ0v) is 12.3. The van der Waals surface area contributed by atoms with Gasteiger partial charge in [0.25, 0.3) is 0 Å². The highest BCUT2D eigenvalue weighted by molar-refractivity contribution is 5.36. The van der Waals surface area contributed by atoms with Crippen LogP contribution in [-0.4, -0.2) is 18.3 Å². The Kier molecular flexibility index (Phi) is 5.17. The number of nitrogens with two attached hydrogens (primary N) is 1. The lowest BCUT2D eigenvalue weighted by atomic mass is 9.65. The van der Waals surface area contributed by atoms with E-state index >= 15 is 0 Å². The lowest BCUT2D eigenvalue weighted by molar-refractivity contribution is -0.0565. The van der Waals surface area contributed by atoms with Crippen LogP contribution in [0.2, 0.25) is 0 Å². The fraction of sp³-hybridized carbons (Fsp3) is 0.625. The third-order valence-electron chi connectivity index (χ3n) is 4.54. The summed E-state index contributed by atoms with van der Waals surface area (Å²) >= 11 is 0. The Labute approximate surface area is 124 Å². The number of aliphatic hydroxyl groups is 1. The van der Waals surface area contributed by atoms with Gasteiger partial charge in [-0.05, 0) is 24.8 Å². The van der Waals surface area contributed by atoms with E-state index in [1.165, 1.54) is 6.07 Å². The van der Waals surface area contributed by atoms with E-state index in [-0.39, 0.29) is 5.75 Å². The number of hydrogen-bond donors (Lipinski definition) is 2. The van der Waals surface area contributed by atoms with Crippen molar-refractivity contribution in [1.82, 2.24) is 0 Å². The second-order valence-corrected chi connectivity index (χ2v) is 6.09. The molecule has 118 valence electrons. The minimum absolute atomic E-state index is 0.0334. The molecule has 3 N–H and O–H groups in total. The highest BCUT2D eigenvalue weighted by atomic mass is 19.3. The van der Waals surface area contributed by atoms with Gasteiger partial charge in [0.15, 0.2) is 0 Å². The molecule has 2 rings (SSSR count). The summed E-state index contributed by atoms with van der Waals surface area (Å²) in [5.74, 6) is 0.506. The van der Waals surface area contributed by atoms with E-state index in [1.807, 2.05) is 0 Å². The lowest BCUT2D eigenvalue weighted by Crippen LogP contribution is -2.40. The zero-order chi connectivity index (χ0) is 15.5. The SMILES string of the molecule is CC1CCCC(CN)(C(O)c2ccccc2OC(F)F)C1. The number of para-hydroxylation sites is 1. The van der Waals surface area contributed by atoms with E-state index in [2.05, 4.69) is 11.7 Å². The molecule has 0 heterocycles. The Morgan fingerprint density at radius 1 is 1.43 bits per heavy atom. The quantitative estimate of drug-likeness (QED) is 0.875. The summed E-state index contributed by atoms with van der Waals surface area (Å²) in [6, 6.07) is 6.43. The van der Waals surface area contributed by atoms with Crippen LogP contribution >= 0.6 is 0 Å². The normalized spacial score (nSPS) is 27.6. The lowest BCUT2D eigenvalue weighted by Gasteiger charge is -2.43. The van der Waals surface area contributed by atoms with Crippen LogP contribution in [0.5, 0.6) is 5.75 Å². The average Bonchev–Trinajstić information content (AvgIpc) is 2.46. The van der Waals surface area contributed by atoms with Crippen LogP contribution in [0.4, 0.5) is 8.78 Å². The zero-order valence-electron chi connectivity index (χ0n) is 12.3. The molecule has 0 amide bonds. The van der Waals surface area contributed by atoms with Crippen LogP contribution < -0.4 is 10.5 Å². The fourth-order valence-corrected chi connectivity index (χ4v) is 3.49. The molecule has 1 fully saturated rings. The molecule has 1 saturated carbocycles. The van der Waals surface area contributed by atoms with Crippen LogP contribution in [0.15, 0.2) is 24.3 Å². The van der Waals surface area contributed by atoms with E-state index < -0.39 is 18.1 Å². The van der Waals surface area contributed by atoms with Crippen LogP contribution in [0.25, 0.3) is 0 Å². The molecule has 0 aromatic heterocycles. The Balaban J connectivity index is 2.31. The number of benzene rings is 1. The molecule has 5 heteroatoms. The first-order valence-electron chi connectivity index (χ1n) is 7.40. The first-order chi connectivity index (χ1) is 9.98. The maximum atomic E-state index is 12.5. The Morgan fingerprint density at radius 2 is 2.14 bits per heavy atom. The van der Waals surface area contributed by atoms with E-state index in [0.717, 1.165) is 25.7 Å². The minimum Gasteiger partial charge on any atom is -0.434 e. The summed E-state index contributed by atoms with van der Waals surface area (Å²) in [6.07, 6.45) is 2.82. The molecular weight excluding hydrogens is 276 g/mol. The molecule has 1 aliphatic rings. The molecule has 1 aromatic rings. The highest BCUT2D eigenvalue weighted by Crippen LogP contribution is 2.48. The predicted octanol–water partition coefficient (Wildman–Crippen LogP) is 3.48. The first kappa shape index (κ1) is 16.2. The van der Waals surface area contributed by atoms with E-state index in [0.29, 0.717) is 18.0 Å². The van der Waals surface area contributed by atoms with Crippen molar-refractivity contribution >= 4 is 0 Å². The van der Waals surface area contributed by atoms with Crippen molar-refractivity contribution in [2.75, 3.05) is 6.54 Å². The third kappa shape index (κ3) is 3.52. The molecule has 3 unspecified atom stereocenters. The van der Waals surface area contributed by atoms with Crippen molar-refractivity contribution in [2.24, 2.45) is 17.1 Å². The molecular formula is C16H23F2NO2. The van der Waals surface area contributed by atoms with Gasteiger partial charge >= 0.3 is 6.61 Å². The van der Waals surface area contributed by atoms with Crippen molar-refractivity contribution in [1.29, 1.82) is 0 Å². The summed E-state index contributed by atoms with van der Waals surface area (Å²) in [5, 5.41) is 10.8. The maximum Gasteiger partial charge on any atom is 0.387 e. The van der Waals surface area contributed by atoms with Crippen LogP contribution in [0, 0.1) is 11.3 Å². The Hall–Kier alpha value is -1.20. The van der Waals surface area contributed by atoms with Gasteiger partial charge in [-0.1, -0.05) is 38.0 Å². The van der Waals surface area contributed by atoms with Gasteiger partial charge in [-0.3, -0.25) is 0 Å². The fourth-order valence-electron chi connectivity index (χ4n) is 3.49. The van der Waals surface area contributed by atoms with Gasteiger partial charge in [0.05, 0.1) is 6.10 Å². The number of aliphatic hydroxyl groups excluding tert-OH is 1. The van der Waals surface area contributed by atoms with E-state index in [9.17, 15) is 13.9 Å². The van der Waals surface area contributed by atoms with Crippen LogP contribution in [0.3, 0.4) is 0 Å². The highest BCUT2D eigenvalue weighted by Gasteiger charge is 2.41. The van der Waals surface area contributed by atoms with Crippen LogP contribution in [-0.2, 0) is 0 Å². The minimum atomic E-state index is -2.91. The topological polar surface area (TPSA) is 55.5 Å². The summed E-state index contributed by atoms with van der Waals surface area (Å²) in [4.78, 5) is 0. The van der Waals surface area contributed by atoms with Crippen molar-refractivity contribution in [3.63, 3.8) is 0 Å². The van der Waals surface area contributed by atoms with Crippen molar-refractivity contribution in [3.8, 4) is 5.75 Å². The largest absolute Gasteiger partial charge is 0.434 e. The average molecular weight is 299 g/mol. The van der Waals surface area contributed by atoms with Gasteiger partial charge < -0.3 is 15.6 Å². The van der Waals surface area contributed by atoms with Crippen molar-refractivity contribution < 1.29 is 18.6 Å². The van der Waals surface area contributed by atoms with Gasteiger partial charge in [0.1, 0.15) is 5.75 Å². The summed E-state index contributed by atoms with van der Waals surface area (Å²) in [7, 11) is 0. The second-order valence-electron chi connectivity index (χ2n) is 6.09. The monoisotopic (exact) mass is 299 g/mol. The van der Waals surface area contributed by atoms with Gasteiger partial charge in [-0.25, -0.2) is 0 Å². The smallest absolute Gasteiger partial charge is 0.387 e. The maximum absolute atomic E-state index is 12.5. The van der Waals surface area contributed by atoms with Gasteiger partial charge in [0.2, 0.25) is 0 Å². The number of hydrogen-bond acceptors (Lipinski definition) is 3. The number of alkyl halides is 2. The Bertz CT molecular complexity index is 469. The standard InChI is InChI=1S/C16H23F2NO2/c1-11-5-4-8-16(9-11,10-19)14(20)12-6-2-3-7-13(12)21-15(17)18/h2-3,6-7,11,14-15,20H,4-5,8-10,19H2,1H3. The predicted molar refractivity (Wildman–Crippen MR) is 77.2 cm³/mol. The summed E-state index contributed by atoms with van der Waals surface area (Å²) in [5.41, 5.74) is 5.88. The summed E-state index contributed by atoms with van der Waals surface area (Å²) in [6.45, 7) is -0.434. The molecule has 21 heavy (non-hydrogen) atoms. The number of halogens is 2. The van der Waals surface area contributed by atoms with Gasteiger partial charge in [-0.15, -0.1) is 0 Å². The molecule has 0 aliphatic heterocycles. The molecule has 0 bridgehead atoms. The number of ether oxygens (including phenoxy) is 1. The van der Waals surface area contributed by atoms with Gasteiger partial charge in [0, 0.05) is 17.5 Å². The molecule has 3 nitrogen and oxygen atoms in total. The molecule has 3 atom stereocenters. The first-order valence-corrected chi connectivity index (χ1v) is 7.40.